The summed E-state index contributed by atoms with van der Waals surface area (Å²) in [6.45, 7) is 9.58. The number of para-hydroxylation sites is 1. The maximum Gasteiger partial charge on any atom is 0.124 e. The van der Waals surface area contributed by atoms with Crippen LogP contribution in [0.4, 0.5) is 0 Å². The summed E-state index contributed by atoms with van der Waals surface area (Å²) in [4.78, 5) is 0. The van der Waals surface area contributed by atoms with E-state index in [1.165, 1.54) is 5.56 Å². The second-order valence-electron chi connectivity index (χ2n) is 4.62. The van der Waals surface area contributed by atoms with Gasteiger partial charge in [0.1, 0.15) is 5.75 Å². The van der Waals surface area contributed by atoms with Gasteiger partial charge in [-0.25, -0.2) is 0 Å². The molecule has 2 nitrogen and oxygen atoms in total. The first-order valence-electron chi connectivity index (χ1n) is 6.68. The minimum absolute atomic E-state index is 0.222. The van der Waals surface area contributed by atoms with Gasteiger partial charge in [0, 0.05) is 11.6 Å². The first-order valence-corrected chi connectivity index (χ1v) is 6.68. The topological polar surface area (TPSA) is 21.3 Å². The minimum atomic E-state index is 0.222. The minimum Gasteiger partial charge on any atom is -0.491 e. The monoisotopic (exact) mass is 235 g/mol. The SMILES string of the molecule is CCCNC(CC)c1ccccc1OC(C)C. The van der Waals surface area contributed by atoms with Gasteiger partial charge < -0.3 is 10.1 Å². The largest absolute Gasteiger partial charge is 0.491 e. The Balaban J connectivity index is 2.85. The van der Waals surface area contributed by atoms with Crippen molar-refractivity contribution in [3.63, 3.8) is 0 Å². The van der Waals surface area contributed by atoms with E-state index in [1.54, 1.807) is 0 Å². The fourth-order valence-electron chi connectivity index (χ4n) is 1.92. The molecule has 0 aliphatic rings. The lowest BCUT2D eigenvalue weighted by molar-refractivity contribution is 0.237. The number of hydrogen-bond donors (Lipinski definition) is 1. The molecule has 0 heterocycles. The Morgan fingerprint density at radius 1 is 1.18 bits per heavy atom. The summed E-state index contributed by atoms with van der Waals surface area (Å²) in [5, 5.41) is 3.57. The highest BCUT2D eigenvalue weighted by atomic mass is 16.5. The van der Waals surface area contributed by atoms with Gasteiger partial charge in [-0.2, -0.15) is 0 Å². The molecular weight excluding hydrogens is 210 g/mol. The predicted octanol–water partition coefficient (Wildman–Crippen LogP) is 3.92. The Labute approximate surface area is 105 Å². The zero-order valence-corrected chi connectivity index (χ0v) is 11.5. The van der Waals surface area contributed by atoms with Crippen molar-refractivity contribution >= 4 is 0 Å². The van der Waals surface area contributed by atoms with Crippen LogP contribution in [0.2, 0.25) is 0 Å². The normalized spacial score (nSPS) is 12.8. The summed E-state index contributed by atoms with van der Waals surface area (Å²) >= 11 is 0. The molecular formula is C15H25NO. The molecule has 1 rings (SSSR count). The molecule has 1 unspecified atom stereocenters. The molecule has 0 fully saturated rings. The van der Waals surface area contributed by atoms with Gasteiger partial charge in [0.25, 0.3) is 0 Å². The molecule has 1 N–H and O–H groups in total. The van der Waals surface area contributed by atoms with Crippen molar-refractivity contribution in [1.82, 2.24) is 5.32 Å². The van der Waals surface area contributed by atoms with Gasteiger partial charge in [0.2, 0.25) is 0 Å². The van der Waals surface area contributed by atoms with Crippen molar-refractivity contribution in [1.29, 1.82) is 0 Å². The van der Waals surface area contributed by atoms with E-state index in [-0.39, 0.29) is 6.10 Å². The highest BCUT2D eigenvalue weighted by molar-refractivity contribution is 5.36. The fraction of sp³-hybridized carbons (Fsp3) is 0.600. The highest BCUT2D eigenvalue weighted by Gasteiger charge is 2.13. The van der Waals surface area contributed by atoms with Crippen molar-refractivity contribution in [3.05, 3.63) is 29.8 Å². The standard InChI is InChI=1S/C15H25NO/c1-5-11-16-14(6-2)13-9-7-8-10-15(13)17-12(3)4/h7-10,12,14,16H,5-6,11H2,1-4H3. The summed E-state index contributed by atoms with van der Waals surface area (Å²) in [6.07, 6.45) is 2.46. The van der Waals surface area contributed by atoms with Crippen LogP contribution in [0, 0.1) is 0 Å². The molecule has 17 heavy (non-hydrogen) atoms. The lowest BCUT2D eigenvalue weighted by Crippen LogP contribution is -2.22. The Hall–Kier alpha value is -1.02. The Morgan fingerprint density at radius 2 is 1.88 bits per heavy atom. The Kier molecular flexibility index (Phi) is 6.06. The molecule has 0 spiro atoms. The molecule has 1 aromatic rings. The molecule has 0 bridgehead atoms. The molecule has 0 amide bonds. The van der Waals surface area contributed by atoms with Crippen molar-refractivity contribution in [2.75, 3.05) is 6.54 Å². The summed E-state index contributed by atoms with van der Waals surface area (Å²) in [7, 11) is 0. The quantitative estimate of drug-likeness (QED) is 0.773. The van der Waals surface area contributed by atoms with Gasteiger partial charge in [-0.05, 0) is 39.3 Å². The lowest BCUT2D eigenvalue weighted by atomic mass is 10.0. The van der Waals surface area contributed by atoms with E-state index in [0.717, 1.165) is 25.1 Å². The zero-order chi connectivity index (χ0) is 12.7. The van der Waals surface area contributed by atoms with Gasteiger partial charge >= 0.3 is 0 Å². The first kappa shape index (κ1) is 14.0. The second kappa shape index (κ2) is 7.33. The molecule has 0 saturated carbocycles. The van der Waals surface area contributed by atoms with Crippen LogP contribution < -0.4 is 10.1 Å². The van der Waals surface area contributed by atoms with Crippen LogP contribution in [0.5, 0.6) is 5.75 Å². The van der Waals surface area contributed by atoms with Gasteiger partial charge in [-0.15, -0.1) is 0 Å². The van der Waals surface area contributed by atoms with Gasteiger partial charge in [0.05, 0.1) is 6.10 Å². The summed E-state index contributed by atoms with van der Waals surface area (Å²) < 4.78 is 5.87. The van der Waals surface area contributed by atoms with Crippen LogP contribution in [0.3, 0.4) is 0 Å². The molecule has 0 aromatic heterocycles. The molecule has 2 heteroatoms. The van der Waals surface area contributed by atoms with Crippen LogP contribution in [0.25, 0.3) is 0 Å². The third-order valence-electron chi connectivity index (χ3n) is 2.71. The number of ether oxygens (including phenoxy) is 1. The summed E-state index contributed by atoms with van der Waals surface area (Å²) in [5.74, 6) is 1.01. The average molecular weight is 235 g/mol. The Morgan fingerprint density at radius 3 is 2.47 bits per heavy atom. The van der Waals surface area contributed by atoms with E-state index < -0.39 is 0 Å². The highest BCUT2D eigenvalue weighted by Crippen LogP contribution is 2.27. The van der Waals surface area contributed by atoms with Gasteiger partial charge in [0.15, 0.2) is 0 Å². The molecule has 0 saturated heterocycles. The summed E-state index contributed by atoms with van der Waals surface area (Å²) in [5.41, 5.74) is 1.28. The van der Waals surface area contributed by atoms with Crippen LogP contribution in [-0.4, -0.2) is 12.6 Å². The van der Waals surface area contributed by atoms with Gasteiger partial charge in [-0.1, -0.05) is 32.0 Å². The van der Waals surface area contributed by atoms with Gasteiger partial charge in [-0.3, -0.25) is 0 Å². The second-order valence-corrected chi connectivity index (χ2v) is 4.62. The molecule has 96 valence electrons. The van der Waals surface area contributed by atoms with E-state index in [1.807, 2.05) is 6.07 Å². The fourth-order valence-corrected chi connectivity index (χ4v) is 1.92. The predicted molar refractivity (Wildman–Crippen MR) is 73.5 cm³/mol. The van der Waals surface area contributed by atoms with Crippen LogP contribution >= 0.6 is 0 Å². The molecule has 0 radical (unpaired) electrons. The number of hydrogen-bond acceptors (Lipinski definition) is 2. The van der Waals surface area contributed by atoms with E-state index in [9.17, 15) is 0 Å². The molecule has 1 atom stereocenters. The van der Waals surface area contributed by atoms with E-state index >= 15 is 0 Å². The van der Waals surface area contributed by atoms with E-state index in [4.69, 9.17) is 4.74 Å². The maximum atomic E-state index is 5.87. The maximum absolute atomic E-state index is 5.87. The average Bonchev–Trinajstić information content (AvgIpc) is 2.31. The molecule has 0 aliphatic carbocycles. The van der Waals surface area contributed by atoms with Crippen molar-refractivity contribution in [3.8, 4) is 5.75 Å². The third-order valence-corrected chi connectivity index (χ3v) is 2.71. The third kappa shape index (κ3) is 4.39. The van der Waals surface area contributed by atoms with Crippen LogP contribution in [0.15, 0.2) is 24.3 Å². The number of nitrogens with one attached hydrogen (secondary N) is 1. The van der Waals surface area contributed by atoms with E-state index in [2.05, 4.69) is 51.2 Å². The summed E-state index contributed by atoms with van der Waals surface area (Å²) in [6, 6.07) is 8.73. The molecule has 0 aliphatic heterocycles. The molecule has 1 aromatic carbocycles. The van der Waals surface area contributed by atoms with Crippen LogP contribution in [0.1, 0.15) is 52.1 Å². The van der Waals surface area contributed by atoms with Crippen molar-refractivity contribution < 1.29 is 4.74 Å². The smallest absolute Gasteiger partial charge is 0.124 e. The van der Waals surface area contributed by atoms with Crippen molar-refractivity contribution in [2.24, 2.45) is 0 Å². The number of benzene rings is 1. The number of rotatable bonds is 7. The van der Waals surface area contributed by atoms with E-state index in [0.29, 0.717) is 6.04 Å². The van der Waals surface area contributed by atoms with Crippen molar-refractivity contribution in [2.45, 2.75) is 52.7 Å². The zero-order valence-electron chi connectivity index (χ0n) is 11.5. The van der Waals surface area contributed by atoms with Crippen LogP contribution in [-0.2, 0) is 0 Å². The first-order chi connectivity index (χ1) is 8.19. The lowest BCUT2D eigenvalue weighted by Gasteiger charge is -2.21. The Bertz CT molecular complexity index is 322.